The van der Waals surface area contributed by atoms with Crippen LogP contribution in [-0.2, 0) is 4.79 Å². The predicted molar refractivity (Wildman–Crippen MR) is 69.8 cm³/mol. The second kappa shape index (κ2) is 5.09. The minimum atomic E-state index is -1.04. The smallest absolute Gasteiger partial charge is 0.326 e. The molecule has 6 heteroatoms. The number of carboxylic acid groups (broad SMARTS) is 1. The highest BCUT2D eigenvalue weighted by Crippen LogP contribution is 2.12. The fraction of sp³-hybridized carbons (Fsp3) is 0.308. The zero-order valence-electron chi connectivity index (χ0n) is 10.7. The lowest BCUT2D eigenvalue weighted by molar-refractivity contribution is -0.140. The molecule has 100 valence electrons. The third-order valence-electron chi connectivity index (χ3n) is 2.90. The molecule has 0 saturated carbocycles. The van der Waals surface area contributed by atoms with Gasteiger partial charge in [0.15, 0.2) is 0 Å². The van der Waals surface area contributed by atoms with E-state index in [0.29, 0.717) is 5.56 Å². The Bertz CT molecular complexity index is 618. The molecule has 0 aliphatic carbocycles. The molecule has 19 heavy (non-hydrogen) atoms. The monoisotopic (exact) mass is 261 g/mol. The van der Waals surface area contributed by atoms with Gasteiger partial charge in [0.1, 0.15) is 6.04 Å². The van der Waals surface area contributed by atoms with Crippen LogP contribution in [0.25, 0.3) is 11.0 Å². The molecule has 2 aromatic rings. The van der Waals surface area contributed by atoms with Crippen LogP contribution in [0.5, 0.6) is 0 Å². The molecule has 0 spiro atoms. The third-order valence-corrected chi connectivity index (χ3v) is 2.90. The molecular formula is C13H15N3O3. The summed E-state index contributed by atoms with van der Waals surface area (Å²) >= 11 is 0. The number of H-pyrrole nitrogens is 1. The van der Waals surface area contributed by atoms with Crippen molar-refractivity contribution in [3.05, 3.63) is 30.1 Å². The number of hydrogen-bond acceptors (Lipinski definition) is 3. The van der Waals surface area contributed by atoms with Gasteiger partial charge in [0.2, 0.25) is 0 Å². The van der Waals surface area contributed by atoms with Gasteiger partial charge in [-0.25, -0.2) is 9.78 Å². The van der Waals surface area contributed by atoms with Crippen molar-refractivity contribution in [1.82, 2.24) is 15.3 Å². The Morgan fingerprint density at radius 1 is 1.37 bits per heavy atom. The molecule has 2 rings (SSSR count). The van der Waals surface area contributed by atoms with Crippen molar-refractivity contribution in [2.75, 3.05) is 0 Å². The molecule has 1 aromatic heterocycles. The number of aliphatic carboxylic acids is 1. The van der Waals surface area contributed by atoms with Crippen molar-refractivity contribution >= 4 is 22.9 Å². The first-order chi connectivity index (χ1) is 8.99. The molecule has 0 saturated heterocycles. The first kappa shape index (κ1) is 13.1. The first-order valence-electron chi connectivity index (χ1n) is 5.96. The summed E-state index contributed by atoms with van der Waals surface area (Å²) < 4.78 is 0. The van der Waals surface area contributed by atoms with Crippen LogP contribution in [-0.4, -0.2) is 33.0 Å². The molecular weight excluding hydrogens is 246 g/mol. The van der Waals surface area contributed by atoms with E-state index in [1.54, 1.807) is 38.4 Å². The predicted octanol–water partition coefficient (Wildman–Crippen LogP) is 1.40. The van der Waals surface area contributed by atoms with Gasteiger partial charge in [-0.3, -0.25) is 4.79 Å². The normalized spacial score (nSPS) is 12.6. The van der Waals surface area contributed by atoms with Gasteiger partial charge in [-0.15, -0.1) is 0 Å². The van der Waals surface area contributed by atoms with Gasteiger partial charge in [0, 0.05) is 5.56 Å². The Morgan fingerprint density at radius 2 is 2.11 bits per heavy atom. The summed E-state index contributed by atoms with van der Waals surface area (Å²) in [7, 11) is 0. The Balaban J connectivity index is 2.21. The van der Waals surface area contributed by atoms with E-state index in [1.807, 2.05) is 0 Å². The number of aromatic nitrogens is 2. The molecule has 0 aliphatic rings. The largest absolute Gasteiger partial charge is 0.480 e. The van der Waals surface area contributed by atoms with Crippen LogP contribution in [0, 0.1) is 5.92 Å². The van der Waals surface area contributed by atoms with Crippen LogP contribution in [0.3, 0.4) is 0 Å². The number of rotatable bonds is 4. The van der Waals surface area contributed by atoms with Crippen molar-refractivity contribution in [3.63, 3.8) is 0 Å². The van der Waals surface area contributed by atoms with Crippen molar-refractivity contribution in [1.29, 1.82) is 0 Å². The van der Waals surface area contributed by atoms with Crippen LogP contribution in [0.1, 0.15) is 24.2 Å². The number of fused-ring (bicyclic) bond motifs is 1. The van der Waals surface area contributed by atoms with E-state index >= 15 is 0 Å². The summed E-state index contributed by atoms with van der Waals surface area (Å²) in [5.74, 6) is -1.62. The van der Waals surface area contributed by atoms with Crippen molar-refractivity contribution in [2.45, 2.75) is 19.9 Å². The lowest BCUT2D eigenvalue weighted by Crippen LogP contribution is -2.44. The SMILES string of the molecule is CC(C)[C@@H](NC(=O)c1ccc2nc[nH]c2c1)C(=O)O. The van der Waals surface area contributed by atoms with E-state index in [1.165, 1.54) is 0 Å². The lowest BCUT2D eigenvalue weighted by Gasteiger charge is -2.17. The molecule has 1 heterocycles. The van der Waals surface area contributed by atoms with Gasteiger partial charge >= 0.3 is 5.97 Å². The van der Waals surface area contributed by atoms with Crippen molar-refractivity contribution in [2.24, 2.45) is 5.92 Å². The lowest BCUT2D eigenvalue weighted by atomic mass is 10.0. The Labute approximate surface area is 109 Å². The zero-order valence-corrected chi connectivity index (χ0v) is 10.7. The van der Waals surface area contributed by atoms with Gasteiger partial charge in [-0.2, -0.15) is 0 Å². The second-order valence-corrected chi connectivity index (χ2v) is 4.67. The van der Waals surface area contributed by atoms with Crippen molar-refractivity contribution < 1.29 is 14.7 Å². The topological polar surface area (TPSA) is 95.1 Å². The summed E-state index contributed by atoms with van der Waals surface area (Å²) in [4.78, 5) is 30.0. The highest BCUT2D eigenvalue weighted by Gasteiger charge is 2.23. The third kappa shape index (κ3) is 2.73. The molecule has 6 nitrogen and oxygen atoms in total. The zero-order chi connectivity index (χ0) is 14.0. The molecule has 1 aromatic carbocycles. The molecule has 1 amide bonds. The molecule has 3 N–H and O–H groups in total. The Morgan fingerprint density at radius 3 is 2.74 bits per heavy atom. The summed E-state index contributed by atoms with van der Waals surface area (Å²) in [5, 5.41) is 11.6. The van der Waals surface area contributed by atoms with Gasteiger partial charge in [0.05, 0.1) is 17.4 Å². The fourth-order valence-electron chi connectivity index (χ4n) is 1.81. The Kier molecular flexibility index (Phi) is 3.50. The summed E-state index contributed by atoms with van der Waals surface area (Å²) in [6.45, 7) is 3.49. The van der Waals surface area contributed by atoms with E-state index in [2.05, 4.69) is 15.3 Å². The molecule has 0 bridgehead atoms. The maximum Gasteiger partial charge on any atom is 0.326 e. The van der Waals surface area contributed by atoms with Crippen molar-refractivity contribution in [3.8, 4) is 0 Å². The highest BCUT2D eigenvalue weighted by molar-refractivity contribution is 5.99. The maximum atomic E-state index is 12.0. The van der Waals surface area contributed by atoms with E-state index < -0.39 is 17.9 Å². The molecule has 0 radical (unpaired) electrons. The molecule has 0 fully saturated rings. The minimum Gasteiger partial charge on any atom is -0.480 e. The van der Waals surface area contributed by atoms with Gasteiger partial charge in [-0.1, -0.05) is 13.8 Å². The van der Waals surface area contributed by atoms with Gasteiger partial charge < -0.3 is 15.4 Å². The second-order valence-electron chi connectivity index (χ2n) is 4.67. The van der Waals surface area contributed by atoms with E-state index in [0.717, 1.165) is 11.0 Å². The molecule has 0 unspecified atom stereocenters. The number of carbonyl (C=O) groups excluding carboxylic acids is 1. The molecule has 0 aliphatic heterocycles. The highest BCUT2D eigenvalue weighted by atomic mass is 16.4. The van der Waals surface area contributed by atoms with Crippen LogP contribution >= 0.6 is 0 Å². The minimum absolute atomic E-state index is 0.183. The average molecular weight is 261 g/mol. The van der Waals surface area contributed by atoms with Crippen LogP contribution < -0.4 is 5.32 Å². The summed E-state index contributed by atoms with van der Waals surface area (Å²) in [6.07, 6.45) is 1.54. The number of aromatic amines is 1. The Hall–Kier alpha value is -2.37. The number of hydrogen-bond donors (Lipinski definition) is 3. The number of carbonyl (C=O) groups is 2. The van der Waals surface area contributed by atoms with E-state index in [9.17, 15) is 9.59 Å². The average Bonchev–Trinajstić information content (AvgIpc) is 2.81. The first-order valence-corrected chi connectivity index (χ1v) is 5.96. The van der Waals surface area contributed by atoms with Crippen LogP contribution in [0.15, 0.2) is 24.5 Å². The van der Waals surface area contributed by atoms with E-state index in [-0.39, 0.29) is 5.92 Å². The number of imidazole rings is 1. The van der Waals surface area contributed by atoms with Gasteiger partial charge in [-0.05, 0) is 24.1 Å². The number of carboxylic acids is 1. The maximum absolute atomic E-state index is 12.0. The van der Waals surface area contributed by atoms with E-state index in [4.69, 9.17) is 5.11 Å². The number of nitrogens with zero attached hydrogens (tertiary/aromatic N) is 1. The van der Waals surface area contributed by atoms with Crippen LogP contribution in [0.4, 0.5) is 0 Å². The fourth-order valence-corrected chi connectivity index (χ4v) is 1.81. The van der Waals surface area contributed by atoms with Gasteiger partial charge in [0.25, 0.3) is 5.91 Å². The number of benzene rings is 1. The summed E-state index contributed by atoms with van der Waals surface area (Å²) in [6, 6.07) is 4.09. The number of amides is 1. The standard InChI is InChI=1S/C13H15N3O3/c1-7(2)11(13(18)19)16-12(17)8-3-4-9-10(5-8)15-6-14-9/h3-7,11H,1-2H3,(H,14,15)(H,16,17)(H,18,19)/t11-/m1/s1. The van der Waals surface area contributed by atoms with Crippen LogP contribution in [0.2, 0.25) is 0 Å². The summed E-state index contributed by atoms with van der Waals surface area (Å²) in [5.41, 5.74) is 1.91. The molecule has 1 atom stereocenters. The number of nitrogens with one attached hydrogen (secondary N) is 2. The quantitative estimate of drug-likeness (QED) is 0.775.